The van der Waals surface area contributed by atoms with E-state index in [1.165, 1.54) is 5.56 Å². The molecule has 21 heavy (non-hydrogen) atoms. The van der Waals surface area contributed by atoms with Gasteiger partial charge in [0.2, 0.25) is 0 Å². The highest BCUT2D eigenvalue weighted by molar-refractivity contribution is 9.10. The van der Waals surface area contributed by atoms with Crippen LogP contribution in [0, 0.1) is 0 Å². The van der Waals surface area contributed by atoms with Crippen molar-refractivity contribution >= 4 is 15.9 Å². The summed E-state index contributed by atoms with van der Waals surface area (Å²) in [6.07, 6.45) is 0.492. The molecule has 3 heteroatoms. The molecule has 0 aliphatic heterocycles. The van der Waals surface area contributed by atoms with Crippen LogP contribution in [0.15, 0.2) is 46.9 Å². The van der Waals surface area contributed by atoms with Gasteiger partial charge in [0.15, 0.2) is 0 Å². The van der Waals surface area contributed by atoms with E-state index >= 15 is 0 Å². The molecule has 2 aromatic carbocycles. The van der Waals surface area contributed by atoms with Gasteiger partial charge in [-0.15, -0.1) is 0 Å². The van der Waals surface area contributed by atoms with Crippen molar-refractivity contribution in [3.63, 3.8) is 0 Å². The van der Waals surface area contributed by atoms with Crippen LogP contribution in [-0.4, -0.2) is 12.2 Å². The molecule has 0 aromatic heterocycles. The van der Waals surface area contributed by atoms with E-state index in [1.807, 2.05) is 30.3 Å². The maximum atomic E-state index is 10.5. The SMILES string of the molecule is CCC(C)c1ccc(C(O)c2ccc(OC)c(Br)c2)cc1. The van der Waals surface area contributed by atoms with Gasteiger partial charge in [0.1, 0.15) is 11.9 Å². The number of aliphatic hydroxyl groups is 1. The highest BCUT2D eigenvalue weighted by Crippen LogP contribution is 2.31. The molecule has 2 unspecified atom stereocenters. The van der Waals surface area contributed by atoms with E-state index in [9.17, 15) is 5.11 Å². The third-order valence-electron chi connectivity index (χ3n) is 3.93. The molecule has 0 radical (unpaired) electrons. The van der Waals surface area contributed by atoms with Crippen LogP contribution in [0.2, 0.25) is 0 Å². The lowest BCUT2D eigenvalue weighted by Gasteiger charge is -2.15. The summed E-state index contributed by atoms with van der Waals surface area (Å²) in [6, 6.07) is 13.9. The average molecular weight is 349 g/mol. The molecule has 2 aromatic rings. The van der Waals surface area contributed by atoms with Crippen molar-refractivity contribution in [1.82, 2.24) is 0 Å². The molecule has 1 N–H and O–H groups in total. The van der Waals surface area contributed by atoms with Crippen LogP contribution in [0.1, 0.15) is 49.0 Å². The Morgan fingerprint density at radius 3 is 2.14 bits per heavy atom. The molecule has 0 fully saturated rings. The minimum atomic E-state index is -0.627. The Morgan fingerprint density at radius 2 is 1.62 bits per heavy atom. The maximum Gasteiger partial charge on any atom is 0.133 e. The average Bonchev–Trinajstić information content (AvgIpc) is 2.53. The number of rotatable bonds is 5. The summed E-state index contributed by atoms with van der Waals surface area (Å²) in [5.41, 5.74) is 3.06. The summed E-state index contributed by atoms with van der Waals surface area (Å²) in [6.45, 7) is 4.40. The normalized spacial score (nSPS) is 13.8. The number of benzene rings is 2. The van der Waals surface area contributed by atoms with Crippen molar-refractivity contribution in [2.75, 3.05) is 7.11 Å². The molecule has 0 spiro atoms. The highest BCUT2D eigenvalue weighted by atomic mass is 79.9. The first-order valence-electron chi connectivity index (χ1n) is 7.18. The first-order valence-corrected chi connectivity index (χ1v) is 7.97. The minimum absolute atomic E-state index is 0.548. The summed E-state index contributed by atoms with van der Waals surface area (Å²) in [4.78, 5) is 0. The number of hydrogen-bond acceptors (Lipinski definition) is 2. The molecule has 0 amide bonds. The van der Waals surface area contributed by atoms with Crippen LogP contribution in [0.25, 0.3) is 0 Å². The third-order valence-corrected chi connectivity index (χ3v) is 4.54. The first kappa shape index (κ1) is 16.1. The van der Waals surface area contributed by atoms with Crippen LogP contribution in [0.5, 0.6) is 5.75 Å². The lowest BCUT2D eigenvalue weighted by molar-refractivity contribution is 0.220. The Hall–Kier alpha value is -1.32. The van der Waals surface area contributed by atoms with Gasteiger partial charge in [0.05, 0.1) is 11.6 Å². The zero-order chi connectivity index (χ0) is 15.4. The summed E-state index contributed by atoms with van der Waals surface area (Å²) in [5, 5.41) is 10.5. The van der Waals surface area contributed by atoms with Crippen molar-refractivity contribution in [1.29, 1.82) is 0 Å². The van der Waals surface area contributed by atoms with E-state index in [-0.39, 0.29) is 0 Å². The fourth-order valence-electron chi connectivity index (χ4n) is 2.29. The van der Waals surface area contributed by atoms with Crippen LogP contribution in [0.3, 0.4) is 0 Å². The maximum absolute atomic E-state index is 10.5. The molecule has 2 nitrogen and oxygen atoms in total. The van der Waals surface area contributed by atoms with Crippen LogP contribution in [0.4, 0.5) is 0 Å². The Balaban J connectivity index is 2.23. The summed E-state index contributed by atoms with van der Waals surface area (Å²) in [7, 11) is 1.63. The first-order chi connectivity index (χ1) is 10.1. The fourth-order valence-corrected chi connectivity index (χ4v) is 2.85. The Labute approximate surface area is 134 Å². The van der Waals surface area contributed by atoms with E-state index in [2.05, 4.69) is 41.9 Å². The standard InChI is InChI=1S/C18H21BrO2/c1-4-12(2)13-5-7-14(8-6-13)18(20)15-9-10-17(21-3)16(19)11-15/h5-12,18,20H,4H2,1-3H3. The quantitative estimate of drug-likeness (QED) is 0.818. The molecular weight excluding hydrogens is 328 g/mol. The second-order valence-electron chi connectivity index (χ2n) is 5.27. The lowest BCUT2D eigenvalue weighted by atomic mass is 9.95. The van der Waals surface area contributed by atoms with E-state index in [1.54, 1.807) is 7.11 Å². The minimum Gasteiger partial charge on any atom is -0.496 e. The molecule has 0 aliphatic carbocycles. The lowest BCUT2D eigenvalue weighted by Crippen LogP contribution is -2.01. The number of hydrogen-bond donors (Lipinski definition) is 1. The predicted octanol–water partition coefficient (Wildman–Crippen LogP) is 5.05. The molecule has 0 saturated carbocycles. The van der Waals surface area contributed by atoms with Crippen molar-refractivity contribution in [3.8, 4) is 5.75 Å². The predicted molar refractivity (Wildman–Crippen MR) is 89.9 cm³/mol. The number of aliphatic hydroxyl groups excluding tert-OH is 1. The van der Waals surface area contributed by atoms with Gasteiger partial charge in [-0.25, -0.2) is 0 Å². The number of halogens is 1. The molecule has 112 valence electrons. The molecule has 2 atom stereocenters. The summed E-state index contributed by atoms with van der Waals surface area (Å²) >= 11 is 3.45. The van der Waals surface area contributed by atoms with Crippen LogP contribution >= 0.6 is 15.9 Å². The van der Waals surface area contributed by atoms with Gasteiger partial charge in [0.25, 0.3) is 0 Å². The van der Waals surface area contributed by atoms with Crippen molar-refractivity contribution in [3.05, 3.63) is 63.6 Å². The highest BCUT2D eigenvalue weighted by Gasteiger charge is 2.13. The Kier molecular flexibility index (Phi) is 5.43. The van der Waals surface area contributed by atoms with E-state index in [4.69, 9.17) is 4.74 Å². The van der Waals surface area contributed by atoms with Crippen LogP contribution in [-0.2, 0) is 0 Å². The fraction of sp³-hybridized carbons (Fsp3) is 0.333. The van der Waals surface area contributed by atoms with Gasteiger partial charge in [0, 0.05) is 0 Å². The molecule has 0 heterocycles. The van der Waals surface area contributed by atoms with Gasteiger partial charge in [-0.05, 0) is 57.1 Å². The number of methoxy groups -OCH3 is 1. The smallest absolute Gasteiger partial charge is 0.133 e. The van der Waals surface area contributed by atoms with Crippen molar-refractivity contribution in [2.24, 2.45) is 0 Å². The molecule has 0 aliphatic rings. The Morgan fingerprint density at radius 1 is 1.05 bits per heavy atom. The van der Waals surface area contributed by atoms with Gasteiger partial charge in [-0.2, -0.15) is 0 Å². The van der Waals surface area contributed by atoms with Gasteiger partial charge in [-0.1, -0.05) is 44.2 Å². The van der Waals surface area contributed by atoms with Crippen molar-refractivity contribution in [2.45, 2.75) is 32.3 Å². The number of ether oxygens (including phenoxy) is 1. The second kappa shape index (κ2) is 7.10. The van der Waals surface area contributed by atoms with Crippen molar-refractivity contribution < 1.29 is 9.84 Å². The largest absolute Gasteiger partial charge is 0.496 e. The molecule has 0 saturated heterocycles. The van der Waals surface area contributed by atoms with E-state index in [0.29, 0.717) is 5.92 Å². The van der Waals surface area contributed by atoms with E-state index in [0.717, 1.165) is 27.8 Å². The monoisotopic (exact) mass is 348 g/mol. The second-order valence-corrected chi connectivity index (χ2v) is 6.13. The zero-order valence-corrected chi connectivity index (χ0v) is 14.2. The summed E-state index contributed by atoms with van der Waals surface area (Å²) in [5.74, 6) is 1.31. The van der Waals surface area contributed by atoms with E-state index < -0.39 is 6.10 Å². The topological polar surface area (TPSA) is 29.5 Å². The third kappa shape index (κ3) is 3.66. The van der Waals surface area contributed by atoms with Gasteiger partial charge < -0.3 is 9.84 Å². The summed E-state index contributed by atoms with van der Waals surface area (Å²) < 4.78 is 6.06. The molecular formula is C18H21BrO2. The van der Waals surface area contributed by atoms with Gasteiger partial charge in [-0.3, -0.25) is 0 Å². The van der Waals surface area contributed by atoms with Crippen LogP contribution < -0.4 is 4.74 Å². The molecule has 2 rings (SSSR count). The Bertz CT molecular complexity index is 593. The van der Waals surface area contributed by atoms with Gasteiger partial charge >= 0.3 is 0 Å². The zero-order valence-electron chi connectivity index (χ0n) is 12.6. The molecule has 0 bridgehead atoms.